The van der Waals surface area contributed by atoms with E-state index in [1.165, 1.54) is 32.1 Å². The van der Waals surface area contributed by atoms with Crippen LogP contribution in [0.4, 0.5) is 0 Å². The molecule has 0 aromatic heterocycles. The summed E-state index contributed by atoms with van der Waals surface area (Å²) >= 11 is 0. The van der Waals surface area contributed by atoms with Crippen molar-refractivity contribution in [2.75, 3.05) is 0 Å². The van der Waals surface area contributed by atoms with Crippen LogP contribution in [0.2, 0.25) is 0 Å². The molecule has 0 aliphatic rings. The lowest BCUT2D eigenvalue weighted by molar-refractivity contribution is 0.323. The highest BCUT2D eigenvalue weighted by atomic mass is 14.9. The largest absolute Gasteiger partial charge is 0.311 e. The van der Waals surface area contributed by atoms with Crippen LogP contribution < -0.4 is 5.32 Å². The molecule has 1 N–H and O–H groups in total. The minimum atomic E-state index is 0.683. The Balaban J connectivity index is 3.98. The van der Waals surface area contributed by atoms with Crippen LogP contribution in [0.3, 0.4) is 0 Å². The number of nitrogens with one attached hydrogen (secondary N) is 1. The van der Waals surface area contributed by atoms with Gasteiger partial charge in [0.15, 0.2) is 0 Å². The Morgan fingerprint density at radius 2 is 1.38 bits per heavy atom. The van der Waals surface area contributed by atoms with Gasteiger partial charge in [-0.1, -0.05) is 47.5 Å². The van der Waals surface area contributed by atoms with Crippen LogP contribution in [-0.2, 0) is 0 Å². The summed E-state index contributed by atoms with van der Waals surface area (Å²) in [5.41, 5.74) is 0. The van der Waals surface area contributed by atoms with Crippen molar-refractivity contribution in [1.29, 1.82) is 0 Å². The van der Waals surface area contributed by atoms with Gasteiger partial charge in [-0.25, -0.2) is 0 Å². The van der Waals surface area contributed by atoms with E-state index < -0.39 is 0 Å². The predicted molar refractivity (Wildman–Crippen MR) is 74.8 cm³/mol. The quantitative estimate of drug-likeness (QED) is 0.606. The van der Waals surface area contributed by atoms with Gasteiger partial charge in [0.05, 0.1) is 0 Å². The maximum atomic E-state index is 3.81. The van der Waals surface area contributed by atoms with Crippen LogP contribution in [0.15, 0.2) is 0 Å². The van der Waals surface area contributed by atoms with E-state index in [4.69, 9.17) is 0 Å². The molecule has 0 bridgehead atoms. The van der Waals surface area contributed by atoms with E-state index in [1.54, 1.807) is 0 Å². The first kappa shape index (κ1) is 16.0. The first-order valence-electron chi connectivity index (χ1n) is 7.21. The third kappa shape index (κ3) is 9.21. The van der Waals surface area contributed by atoms with Crippen molar-refractivity contribution in [1.82, 2.24) is 5.32 Å². The normalized spacial score (nSPS) is 14.1. The molecule has 0 aromatic rings. The molecule has 0 amide bonds. The molecule has 0 saturated heterocycles. The lowest BCUT2D eigenvalue weighted by Gasteiger charge is -2.26. The Hall–Kier alpha value is -0.0400. The van der Waals surface area contributed by atoms with Crippen LogP contribution >= 0.6 is 0 Å². The second-order valence-corrected chi connectivity index (χ2v) is 6.17. The highest BCUT2D eigenvalue weighted by Gasteiger charge is 2.14. The number of unbranched alkanes of at least 4 members (excludes halogenated alkanes) is 1. The van der Waals surface area contributed by atoms with Gasteiger partial charge < -0.3 is 5.32 Å². The molecule has 0 heterocycles. The van der Waals surface area contributed by atoms with Gasteiger partial charge in [0.25, 0.3) is 0 Å². The van der Waals surface area contributed by atoms with Gasteiger partial charge in [-0.15, -0.1) is 0 Å². The number of hydrogen-bond acceptors (Lipinski definition) is 1. The Morgan fingerprint density at radius 1 is 0.875 bits per heavy atom. The molecule has 98 valence electrons. The highest BCUT2D eigenvalue weighted by Crippen LogP contribution is 2.15. The van der Waals surface area contributed by atoms with Gasteiger partial charge in [0.2, 0.25) is 0 Å². The molecule has 0 radical (unpaired) electrons. The van der Waals surface area contributed by atoms with E-state index in [1.807, 2.05) is 0 Å². The van der Waals surface area contributed by atoms with E-state index in [2.05, 4.69) is 46.9 Å². The van der Waals surface area contributed by atoms with Crippen molar-refractivity contribution in [2.45, 2.75) is 85.7 Å². The van der Waals surface area contributed by atoms with Crippen LogP contribution in [0.1, 0.15) is 73.6 Å². The van der Waals surface area contributed by atoms with Gasteiger partial charge in [0, 0.05) is 12.1 Å². The average molecular weight is 227 g/mol. The van der Waals surface area contributed by atoms with Gasteiger partial charge in [-0.05, 0) is 38.0 Å². The van der Waals surface area contributed by atoms with Crippen LogP contribution in [0.5, 0.6) is 0 Å². The molecule has 0 rings (SSSR count). The molecule has 16 heavy (non-hydrogen) atoms. The van der Waals surface area contributed by atoms with Crippen LogP contribution in [-0.4, -0.2) is 12.1 Å². The van der Waals surface area contributed by atoms with E-state index in [0.717, 1.165) is 11.8 Å². The summed E-state index contributed by atoms with van der Waals surface area (Å²) < 4.78 is 0. The molecule has 0 aromatic carbocycles. The fourth-order valence-electron chi connectivity index (χ4n) is 2.37. The summed E-state index contributed by atoms with van der Waals surface area (Å²) in [5, 5.41) is 3.81. The Morgan fingerprint density at radius 3 is 1.75 bits per heavy atom. The minimum Gasteiger partial charge on any atom is -0.311 e. The predicted octanol–water partition coefficient (Wildman–Crippen LogP) is 4.62. The molecule has 0 saturated carbocycles. The summed E-state index contributed by atoms with van der Waals surface area (Å²) in [6, 6.07) is 1.40. The summed E-state index contributed by atoms with van der Waals surface area (Å²) in [4.78, 5) is 0. The molecule has 1 nitrogen and oxygen atoms in total. The van der Waals surface area contributed by atoms with E-state index in [9.17, 15) is 0 Å². The van der Waals surface area contributed by atoms with Crippen molar-refractivity contribution in [3.05, 3.63) is 0 Å². The zero-order valence-corrected chi connectivity index (χ0v) is 12.3. The average Bonchev–Trinajstić information content (AvgIpc) is 2.12. The summed E-state index contributed by atoms with van der Waals surface area (Å²) in [6.45, 7) is 13.9. The van der Waals surface area contributed by atoms with E-state index in [-0.39, 0.29) is 0 Å². The lowest BCUT2D eigenvalue weighted by atomic mass is 9.94. The maximum absolute atomic E-state index is 3.81. The molecular formula is C15H33N. The zero-order chi connectivity index (χ0) is 12.6. The zero-order valence-electron chi connectivity index (χ0n) is 12.3. The smallest absolute Gasteiger partial charge is 0.00744 e. The van der Waals surface area contributed by atoms with E-state index >= 15 is 0 Å². The standard InChI is InChI=1S/C15H33N/c1-7-8-9-14(6)16-15(10-12(2)3)11-13(4)5/h12-16H,7-11H2,1-6H3. The van der Waals surface area contributed by atoms with Gasteiger partial charge >= 0.3 is 0 Å². The first-order valence-corrected chi connectivity index (χ1v) is 7.21. The molecule has 0 aliphatic heterocycles. The minimum absolute atomic E-state index is 0.683. The summed E-state index contributed by atoms with van der Waals surface area (Å²) in [6.07, 6.45) is 6.61. The Labute approximate surface area is 103 Å². The second-order valence-electron chi connectivity index (χ2n) is 6.17. The summed E-state index contributed by atoms with van der Waals surface area (Å²) in [5.74, 6) is 1.60. The van der Waals surface area contributed by atoms with Crippen molar-refractivity contribution in [3.63, 3.8) is 0 Å². The Bertz CT molecular complexity index is 142. The van der Waals surface area contributed by atoms with Gasteiger partial charge in [-0.3, -0.25) is 0 Å². The van der Waals surface area contributed by atoms with Crippen molar-refractivity contribution >= 4 is 0 Å². The Kier molecular flexibility index (Phi) is 9.02. The molecule has 0 aliphatic carbocycles. The van der Waals surface area contributed by atoms with E-state index in [0.29, 0.717) is 12.1 Å². The van der Waals surface area contributed by atoms with Crippen LogP contribution in [0.25, 0.3) is 0 Å². The topological polar surface area (TPSA) is 12.0 Å². The number of rotatable bonds is 9. The fraction of sp³-hybridized carbons (Fsp3) is 1.00. The van der Waals surface area contributed by atoms with Crippen molar-refractivity contribution in [2.24, 2.45) is 11.8 Å². The fourth-order valence-corrected chi connectivity index (χ4v) is 2.37. The third-order valence-corrected chi connectivity index (χ3v) is 3.02. The van der Waals surface area contributed by atoms with Gasteiger partial charge in [0.1, 0.15) is 0 Å². The highest BCUT2D eigenvalue weighted by molar-refractivity contribution is 4.74. The molecule has 0 fully saturated rings. The molecule has 1 heteroatoms. The summed E-state index contributed by atoms with van der Waals surface area (Å²) in [7, 11) is 0. The van der Waals surface area contributed by atoms with Crippen molar-refractivity contribution in [3.8, 4) is 0 Å². The molecular weight excluding hydrogens is 194 g/mol. The second kappa shape index (κ2) is 9.04. The third-order valence-electron chi connectivity index (χ3n) is 3.02. The van der Waals surface area contributed by atoms with Crippen molar-refractivity contribution < 1.29 is 0 Å². The lowest BCUT2D eigenvalue weighted by Crippen LogP contribution is -2.38. The number of hydrogen-bond donors (Lipinski definition) is 1. The van der Waals surface area contributed by atoms with Gasteiger partial charge in [-0.2, -0.15) is 0 Å². The maximum Gasteiger partial charge on any atom is 0.00744 e. The molecule has 1 atom stereocenters. The monoisotopic (exact) mass is 227 g/mol. The first-order chi connectivity index (χ1) is 7.45. The molecule has 0 spiro atoms. The molecule has 1 unspecified atom stereocenters. The SMILES string of the molecule is CCCCC(C)NC(CC(C)C)CC(C)C. The van der Waals surface area contributed by atoms with Crippen LogP contribution in [0, 0.1) is 11.8 Å².